The lowest BCUT2D eigenvalue weighted by Gasteiger charge is -2.41. The Kier molecular flexibility index (Phi) is 3.95. The Bertz CT molecular complexity index is 459. The van der Waals surface area contributed by atoms with Crippen molar-refractivity contribution in [1.29, 1.82) is 0 Å². The summed E-state index contributed by atoms with van der Waals surface area (Å²) in [6.07, 6.45) is 5.48. The third kappa shape index (κ3) is 2.52. The van der Waals surface area contributed by atoms with Gasteiger partial charge in [-0.2, -0.15) is 0 Å². The van der Waals surface area contributed by atoms with Crippen LogP contribution in [0.2, 0.25) is 0 Å². The SMILES string of the molecule is C=C(C(=O)OC)C1CC=C(C)C2CC(O)C(C)=CC12. The number of allylic oxidation sites excluding steroid dienone is 3. The van der Waals surface area contributed by atoms with E-state index in [2.05, 4.69) is 25.7 Å². The monoisotopic (exact) mass is 262 g/mol. The van der Waals surface area contributed by atoms with Gasteiger partial charge in [0.25, 0.3) is 0 Å². The summed E-state index contributed by atoms with van der Waals surface area (Å²) in [4.78, 5) is 11.7. The lowest BCUT2D eigenvalue weighted by Crippen LogP contribution is -2.36. The van der Waals surface area contributed by atoms with Gasteiger partial charge in [0.05, 0.1) is 13.2 Å². The second-order valence-electron chi connectivity index (χ2n) is 5.65. The molecule has 2 aliphatic rings. The zero-order valence-electron chi connectivity index (χ0n) is 11.8. The number of hydrogen-bond donors (Lipinski definition) is 1. The number of rotatable bonds is 2. The summed E-state index contributed by atoms with van der Waals surface area (Å²) in [5.41, 5.74) is 2.85. The molecule has 0 amide bonds. The van der Waals surface area contributed by atoms with E-state index in [1.807, 2.05) is 6.92 Å². The Balaban J connectivity index is 2.32. The van der Waals surface area contributed by atoms with Gasteiger partial charge in [-0.25, -0.2) is 4.79 Å². The standard InChI is InChI=1S/C16H22O3/c1-9-5-6-12(11(3)16(18)19-4)14-7-10(2)15(17)8-13(9)14/h5,7,12-15,17H,3,6,8H2,1-2,4H3. The molecule has 2 aliphatic carbocycles. The lowest BCUT2D eigenvalue weighted by molar-refractivity contribution is -0.137. The molecule has 3 nitrogen and oxygen atoms in total. The average Bonchev–Trinajstić information content (AvgIpc) is 2.40. The molecule has 4 unspecified atom stereocenters. The van der Waals surface area contributed by atoms with Crippen LogP contribution in [-0.4, -0.2) is 24.3 Å². The molecule has 0 radical (unpaired) electrons. The number of hydrogen-bond acceptors (Lipinski definition) is 3. The third-order valence-electron chi connectivity index (χ3n) is 4.56. The van der Waals surface area contributed by atoms with Crippen LogP contribution < -0.4 is 0 Å². The highest BCUT2D eigenvalue weighted by molar-refractivity contribution is 5.88. The van der Waals surface area contributed by atoms with E-state index >= 15 is 0 Å². The number of aliphatic hydroxyl groups excluding tert-OH is 1. The van der Waals surface area contributed by atoms with Crippen molar-refractivity contribution in [1.82, 2.24) is 0 Å². The molecule has 4 atom stereocenters. The van der Waals surface area contributed by atoms with Crippen molar-refractivity contribution in [2.75, 3.05) is 7.11 Å². The number of aliphatic hydroxyl groups is 1. The van der Waals surface area contributed by atoms with Gasteiger partial charge in [0.1, 0.15) is 0 Å². The van der Waals surface area contributed by atoms with Gasteiger partial charge in [0.15, 0.2) is 0 Å². The number of carbonyl (C=O) groups excluding carboxylic acids is 1. The summed E-state index contributed by atoms with van der Waals surface area (Å²) in [5, 5.41) is 10.0. The highest BCUT2D eigenvalue weighted by Crippen LogP contribution is 2.45. The van der Waals surface area contributed by atoms with Crippen molar-refractivity contribution in [3.63, 3.8) is 0 Å². The zero-order valence-corrected chi connectivity index (χ0v) is 11.8. The van der Waals surface area contributed by atoms with Gasteiger partial charge in [-0.05, 0) is 44.1 Å². The minimum atomic E-state index is -0.366. The second-order valence-corrected chi connectivity index (χ2v) is 5.65. The van der Waals surface area contributed by atoms with Crippen LogP contribution in [0.4, 0.5) is 0 Å². The first-order valence-corrected chi connectivity index (χ1v) is 6.75. The van der Waals surface area contributed by atoms with E-state index in [-0.39, 0.29) is 23.9 Å². The minimum absolute atomic E-state index is 0.0867. The zero-order chi connectivity index (χ0) is 14.2. The molecular weight excluding hydrogens is 240 g/mol. The second kappa shape index (κ2) is 5.33. The van der Waals surface area contributed by atoms with Crippen molar-refractivity contribution in [2.45, 2.75) is 32.8 Å². The topological polar surface area (TPSA) is 46.5 Å². The number of methoxy groups -OCH3 is 1. The van der Waals surface area contributed by atoms with E-state index in [4.69, 9.17) is 4.74 Å². The summed E-state index contributed by atoms with van der Waals surface area (Å²) in [7, 11) is 1.39. The first-order chi connectivity index (χ1) is 8.95. The maximum absolute atomic E-state index is 11.7. The molecule has 0 spiro atoms. The number of esters is 1. The van der Waals surface area contributed by atoms with Gasteiger partial charge in [0, 0.05) is 11.5 Å². The van der Waals surface area contributed by atoms with E-state index < -0.39 is 0 Å². The normalized spacial score (nSPS) is 33.9. The molecule has 0 fully saturated rings. The van der Waals surface area contributed by atoms with Crippen LogP contribution in [0.5, 0.6) is 0 Å². The van der Waals surface area contributed by atoms with Gasteiger partial charge in [0.2, 0.25) is 0 Å². The van der Waals surface area contributed by atoms with E-state index in [1.54, 1.807) is 0 Å². The fourth-order valence-corrected chi connectivity index (χ4v) is 3.28. The lowest BCUT2D eigenvalue weighted by atomic mass is 9.64. The van der Waals surface area contributed by atoms with Crippen molar-refractivity contribution in [3.8, 4) is 0 Å². The molecule has 19 heavy (non-hydrogen) atoms. The van der Waals surface area contributed by atoms with Crippen molar-refractivity contribution >= 4 is 5.97 Å². The van der Waals surface area contributed by atoms with Crippen molar-refractivity contribution in [2.24, 2.45) is 17.8 Å². The summed E-state index contributed by atoms with van der Waals surface area (Å²) >= 11 is 0. The van der Waals surface area contributed by atoms with Gasteiger partial charge in [-0.1, -0.05) is 24.3 Å². The smallest absolute Gasteiger partial charge is 0.333 e. The highest BCUT2D eigenvalue weighted by Gasteiger charge is 2.39. The molecule has 0 bridgehead atoms. The predicted molar refractivity (Wildman–Crippen MR) is 74.4 cm³/mol. The Morgan fingerprint density at radius 2 is 2.11 bits per heavy atom. The van der Waals surface area contributed by atoms with Gasteiger partial charge < -0.3 is 9.84 Å². The molecule has 104 valence electrons. The Morgan fingerprint density at radius 3 is 2.74 bits per heavy atom. The average molecular weight is 262 g/mol. The van der Waals surface area contributed by atoms with Crippen LogP contribution in [0.3, 0.4) is 0 Å². The molecule has 0 saturated heterocycles. The fraction of sp³-hybridized carbons (Fsp3) is 0.562. The molecule has 0 aromatic carbocycles. The molecule has 2 rings (SSSR count). The van der Waals surface area contributed by atoms with E-state index in [1.165, 1.54) is 12.7 Å². The quantitative estimate of drug-likeness (QED) is 0.473. The molecule has 0 saturated carbocycles. The summed E-state index contributed by atoms with van der Waals surface area (Å²) in [5.74, 6) is 0.316. The first kappa shape index (κ1) is 14.1. The van der Waals surface area contributed by atoms with Crippen LogP contribution >= 0.6 is 0 Å². The first-order valence-electron chi connectivity index (χ1n) is 6.75. The van der Waals surface area contributed by atoms with Crippen LogP contribution in [0.15, 0.2) is 35.5 Å². The Morgan fingerprint density at radius 1 is 1.42 bits per heavy atom. The molecule has 0 aromatic rings. The van der Waals surface area contributed by atoms with Gasteiger partial charge in [-0.15, -0.1) is 0 Å². The Hall–Kier alpha value is -1.35. The van der Waals surface area contributed by atoms with Crippen LogP contribution in [0, 0.1) is 17.8 Å². The maximum Gasteiger partial charge on any atom is 0.333 e. The summed E-state index contributed by atoms with van der Waals surface area (Å²) in [6.45, 7) is 7.97. The largest absolute Gasteiger partial charge is 0.466 e. The molecule has 1 N–H and O–H groups in total. The molecule has 3 heteroatoms. The third-order valence-corrected chi connectivity index (χ3v) is 4.56. The molecular formula is C16H22O3. The fourth-order valence-electron chi connectivity index (χ4n) is 3.28. The minimum Gasteiger partial charge on any atom is -0.466 e. The van der Waals surface area contributed by atoms with E-state index in [0.717, 1.165) is 18.4 Å². The number of carbonyl (C=O) groups is 1. The van der Waals surface area contributed by atoms with E-state index in [0.29, 0.717) is 11.5 Å². The van der Waals surface area contributed by atoms with E-state index in [9.17, 15) is 9.90 Å². The van der Waals surface area contributed by atoms with Crippen LogP contribution in [0.1, 0.15) is 26.7 Å². The predicted octanol–water partition coefficient (Wildman–Crippen LogP) is 2.63. The van der Waals surface area contributed by atoms with Crippen LogP contribution in [0.25, 0.3) is 0 Å². The molecule has 0 aromatic heterocycles. The van der Waals surface area contributed by atoms with Crippen LogP contribution in [-0.2, 0) is 9.53 Å². The summed E-state index contributed by atoms with van der Waals surface area (Å²) in [6, 6.07) is 0. The van der Waals surface area contributed by atoms with Crippen molar-refractivity contribution in [3.05, 3.63) is 35.5 Å². The van der Waals surface area contributed by atoms with Crippen molar-refractivity contribution < 1.29 is 14.6 Å². The number of fused-ring (bicyclic) bond motifs is 1. The molecule has 0 aliphatic heterocycles. The van der Waals surface area contributed by atoms with Gasteiger partial charge in [-0.3, -0.25) is 0 Å². The van der Waals surface area contributed by atoms with Gasteiger partial charge >= 0.3 is 5.97 Å². The summed E-state index contributed by atoms with van der Waals surface area (Å²) < 4.78 is 4.79. The Labute approximate surface area is 114 Å². The molecule has 0 heterocycles. The number of ether oxygens (including phenoxy) is 1. The highest BCUT2D eigenvalue weighted by atomic mass is 16.5. The maximum atomic E-state index is 11.7.